The van der Waals surface area contributed by atoms with Crippen molar-refractivity contribution in [3.8, 4) is 11.5 Å². The van der Waals surface area contributed by atoms with Gasteiger partial charge in [-0.05, 0) is 26.8 Å². The van der Waals surface area contributed by atoms with Crippen molar-refractivity contribution < 1.29 is 14.3 Å². The molecule has 0 unspecified atom stereocenters. The van der Waals surface area contributed by atoms with Gasteiger partial charge in [0.25, 0.3) is 5.91 Å². The quantitative estimate of drug-likeness (QED) is 0.646. The summed E-state index contributed by atoms with van der Waals surface area (Å²) < 4.78 is 12.8. The molecular formula is C22H34N6O3. The molecule has 0 bridgehead atoms. The van der Waals surface area contributed by atoms with Crippen LogP contribution in [0.5, 0.6) is 11.5 Å². The van der Waals surface area contributed by atoms with Gasteiger partial charge < -0.3 is 14.8 Å². The van der Waals surface area contributed by atoms with E-state index in [1.54, 1.807) is 25.1 Å². The second-order valence-corrected chi connectivity index (χ2v) is 8.20. The lowest BCUT2D eigenvalue weighted by Crippen LogP contribution is -2.46. The van der Waals surface area contributed by atoms with Crippen molar-refractivity contribution in [2.24, 2.45) is 0 Å². The SMILES string of the molecule is COc1ccc(CN2CCN(CCn3cc(C(=O)NC(C)C)nn3)CC2)c(OC)c1C. The molecule has 1 aliphatic rings. The first kappa shape index (κ1) is 23.0. The van der Waals surface area contributed by atoms with E-state index >= 15 is 0 Å². The topological polar surface area (TPSA) is 84.8 Å². The van der Waals surface area contributed by atoms with Crippen molar-refractivity contribution >= 4 is 5.91 Å². The average molecular weight is 431 g/mol. The van der Waals surface area contributed by atoms with Crippen LogP contribution in [0.15, 0.2) is 18.3 Å². The Labute approximate surface area is 184 Å². The number of methoxy groups -OCH3 is 2. The standard InChI is InChI=1S/C22H34N6O3/c1-16(2)23-22(29)19-15-28(25-24-19)13-12-26-8-10-27(11-9-26)14-18-6-7-20(30-4)17(3)21(18)31-5/h6-7,15-16H,8-14H2,1-5H3,(H,23,29). The number of ether oxygens (including phenoxy) is 2. The second kappa shape index (κ2) is 10.6. The first-order valence-electron chi connectivity index (χ1n) is 10.8. The summed E-state index contributed by atoms with van der Waals surface area (Å²) in [5, 5.41) is 10.9. The third kappa shape index (κ3) is 5.95. The van der Waals surface area contributed by atoms with Crippen LogP contribution >= 0.6 is 0 Å². The number of aromatic nitrogens is 3. The van der Waals surface area contributed by atoms with Gasteiger partial charge in [0, 0.05) is 56.4 Å². The largest absolute Gasteiger partial charge is 0.496 e. The molecule has 0 spiro atoms. The lowest BCUT2D eigenvalue weighted by Gasteiger charge is -2.35. The maximum absolute atomic E-state index is 12.0. The van der Waals surface area contributed by atoms with Crippen LogP contribution in [-0.4, -0.2) is 83.7 Å². The van der Waals surface area contributed by atoms with Gasteiger partial charge in [0.15, 0.2) is 5.69 Å². The summed E-state index contributed by atoms with van der Waals surface area (Å²) in [5.74, 6) is 1.58. The van der Waals surface area contributed by atoms with Gasteiger partial charge in [0.1, 0.15) is 11.5 Å². The Morgan fingerprint density at radius 3 is 2.45 bits per heavy atom. The highest BCUT2D eigenvalue weighted by Gasteiger charge is 2.20. The Morgan fingerprint density at radius 1 is 1.10 bits per heavy atom. The zero-order chi connectivity index (χ0) is 22.4. The molecule has 1 fully saturated rings. The van der Waals surface area contributed by atoms with E-state index in [9.17, 15) is 4.79 Å². The van der Waals surface area contributed by atoms with Crippen LogP contribution in [0.2, 0.25) is 0 Å². The number of piperazine rings is 1. The molecule has 1 aliphatic heterocycles. The van der Waals surface area contributed by atoms with Crippen LogP contribution in [0.4, 0.5) is 0 Å². The fourth-order valence-corrected chi connectivity index (χ4v) is 3.86. The van der Waals surface area contributed by atoms with E-state index in [1.165, 1.54) is 5.56 Å². The third-order valence-electron chi connectivity index (χ3n) is 5.56. The van der Waals surface area contributed by atoms with Crippen molar-refractivity contribution in [1.29, 1.82) is 0 Å². The summed E-state index contributed by atoms with van der Waals surface area (Å²) in [6.07, 6.45) is 1.71. The molecule has 1 N–H and O–H groups in total. The molecule has 9 nitrogen and oxygen atoms in total. The van der Waals surface area contributed by atoms with E-state index in [1.807, 2.05) is 26.8 Å². The van der Waals surface area contributed by atoms with Gasteiger partial charge in [0.2, 0.25) is 0 Å². The molecular weight excluding hydrogens is 396 g/mol. The Balaban J connectivity index is 1.47. The molecule has 1 amide bonds. The molecule has 0 radical (unpaired) electrons. The maximum Gasteiger partial charge on any atom is 0.273 e. The summed E-state index contributed by atoms with van der Waals surface area (Å²) in [6, 6.07) is 4.18. The maximum atomic E-state index is 12.0. The van der Waals surface area contributed by atoms with Gasteiger partial charge in [0.05, 0.1) is 27.0 Å². The third-order valence-corrected chi connectivity index (χ3v) is 5.56. The molecule has 170 valence electrons. The number of benzene rings is 1. The summed E-state index contributed by atoms with van der Waals surface area (Å²) in [6.45, 7) is 12.3. The normalized spacial score (nSPS) is 15.3. The van der Waals surface area contributed by atoms with E-state index in [0.29, 0.717) is 12.2 Å². The lowest BCUT2D eigenvalue weighted by molar-refractivity contribution is 0.0938. The highest BCUT2D eigenvalue weighted by atomic mass is 16.5. The van der Waals surface area contributed by atoms with E-state index in [2.05, 4.69) is 31.5 Å². The molecule has 0 saturated carbocycles. The fourth-order valence-electron chi connectivity index (χ4n) is 3.86. The molecule has 0 atom stereocenters. The number of hydrogen-bond donors (Lipinski definition) is 1. The molecule has 0 aliphatic carbocycles. The van der Waals surface area contributed by atoms with E-state index < -0.39 is 0 Å². The van der Waals surface area contributed by atoms with Gasteiger partial charge >= 0.3 is 0 Å². The number of hydrogen-bond acceptors (Lipinski definition) is 7. The zero-order valence-corrected chi connectivity index (χ0v) is 19.2. The molecule has 2 aromatic rings. The number of carbonyl (C=O) groups is 1. The van der Waals surface area contributed by atoms with Crippen molar-refractivity contribution in [1.82, 2.24) is 30.1 Å². The first-order chi connectivity index (χ1) is 14.9. The highest BCUT2D eigenvalue weighted by Crippen LogP contribution is 2.32. The van der Waals surface area contributed by atoms with E-state index in [4.69, 9.17) is 9.47 Å². The molecule has 9 heteroatoms. The van der Waals surface area contributed by atoms with Crippen molar-refractivity contribution in [3.05, 3.63) is 35.2 Å². The minimum absolute atomic E-state index is 0.0794. The number of amides is 1. The molecule has 1 aromatic heterocycles. The average Bonchev–Trinajstić information content (AvgIpc) is 3.22. The van der Waals surface area contributed by atoms with Gasteiger partial charge in [-0.25, -0.2) is 0 Å². The van der Waals surface area contributed by atoms with E-state index in [-0.39, 0.29) is 11.9 Å². The predicted octanol–water partition coefficient (Wildman–Crippen LogP) is 1.56. The fraction of sp³-hybridized carbons (Fsp3) is 0.591. The van der Waals surface area contributed by atoms with Crippen LogP contribution in [0.3, 0.4) is 0 Å². The van der Waals surface area contributed by atoms with Gasteiger partial charge in [-0.1, -0.05) is 11.3 Å². The number of nitrogens with one attached hydrogen (secondary N) is 1. The van der Waals surface area contributed by atoms with Crippen LogP contribution < -0.4 is 14.8 Å². The van der Waals surface area contributed by atoms with Crippen molar-refractivity contribution in [2.45, 2.75) is 39.9 Å². The summed E-state index contributed by atoms with van der Waals surface area (Å²) in [7, 11) is 3.40. The zero-order valence-electron chi connectivity index (χ0n) is 19.2. The Morgan fingerprint density at radius 2 is 1.81 bits per heavy atom. The summed E-state index contributed by atoms with van der Waals surface area (Å²) >= 11 is 0. The minimum atomic E-state index is -0.181. The van der Waals surface area contributed by atoms with Crippen molar-refractivity contribution in [2.75, 3.05) is 46.9 Å². The predicted molar refractivity (Wildman–Crippen MR) is 119 cm³/mol. The van der Waals surface area contributed by atoms with Gasteiger partial charge in [-0.3, -0.25) is 19.3 Å². The molecule has 31 heavy (non-hydrogen) atoms. The van der Waals surface area contributed by atoms with Crippen LogP contribution in [0.1, 0.15) is 35.5 Å². The molecule has 3 rings (SSSR count). The van der Waals surface area contributed by atoms with E-state index in [0.717, 1.165) is 56.3 Å². The van der Waals surface area contributed by atoms with Crippen molar-refractivity contribution in [3.63, 3.8) is 0 Å². The summed E-state index contributed by atoms with van der Waals surface area (Å²) in [5.41, 5.74) is 2.58. The van der Waals surface area contributed by atoms with Crippen LogP contribution in [0.25, 0.3) is 0 Å². The second-order valence-electron chi connectivity index (χ2n) is 8.20. The monoisotopic (exact) mass is 430 g/mol. The first-order valence-corrected chi connectivity index (χ1v) is 10.8. The number of nitrogens with zero attached hydrogens (tertiary/aromatic N) is 5. The van der Waals surface area contributed by atoms with Crippen LogP contribution in [0, 0.1) is 6.92 Å². The Hall–Kier alpha value is -2.65. The number of carbonyl (C=O) groups excluding carboxylic acids is 1. The Bertz CT molecular complexity index is 874. The summed E-state index contributed by atoms with van der Waals surface area (Å²) in [4.78, 5) is 16.9. The molecule has 2 heterocycles. The Kier molecular flexibility index (Phi) is 7.86. The highest BCUT2D eigenvalue weighted by molar-refractivity contribution is 5.91. The van der Waals surface area contributed by atoms with Gasteiger partial charge in [-0.15, -0.1) is 5.10 Å². The smallest absolute Gasteiger partial charge is 0.273 e. The minimum Gasteiger partial charge on any atom is -0.496 e. The van der Waals surface area contributed by atoms with Crippen LogP contribution in [-0.2, 0) is 13.1 Å². The molecule has 1 aromatic carbocycles. The van der Waals surface area contributed by atoms with Gasteiger partial charge in [-0.2, -0.15) is 0 Å². The number of rotatable bonds is 9. The lowest BCUT2D eigenvalue weighted by atomic mass is 10.1. The molecule has 1 saturated heterocycles.